The number of aromatic nitrogens is 1. The second-order valence-electron chi connectivity index (χ2n) is 6.38. The molecule has 0 unspecified atom stereocenters. The number of nitrogens with one attached hydrogen (secondary N) is 3. The van der Waals surface area contributed by atoms with E-state index in [4.69, 9.17) is 4.52 Å². The molecule has 7 nitrogen and oxygen atoms in total. The number of halogens is 2. The van der Waals surface area contributed by atoms with E-state index in [2.05, 4.69) is 39.9 Å². The van der Waals surface area contributed by atoms with Crippen molar-refractivity contribution in [3.63, 3.8) is 0 Å². The van der Waals surface area contributed by atoms with Gasteiger partial charge in [-0.2, -0.15) is 0 Å². The summed E-state index contributed by atoms with van der Waals surface area (Å²) in [6.45, 7) is 5.54. The van der Waals surface area contributed by atoms with Gasteiger partial charge in [-0.05, 0) is 23.6 Å². The molecule has 0 spiro atoms. The topological polar surface area (TPSA) is 91.5 Å². The summed E-state index contributed by atoms with van der Waals surface area (Å²) in [6.07, 6.45) is 0.219. The number of carbonyl (C=O) groups is 1. The van der Waals surface area contributed by atoms with Crippen molar-refractivity contribution in [3.05, 3.63) is 53.2 Å². The van der Waals surface area contributed by atoms with E-state index in [1.807, 2.05) is 6.07 Å². The first-order valence-corrected chi connectivity index (χ1v) is 8.89. The van der Waals surface area contributed by atoms with Gasteiger partial charge in [-0.25, -0.2) is 4.39 Å². The lowest BCUT2D eigenvalue weighted by molar-refractivity contribution is -0.120. The third-order valence-corrected chi connectivity index (χ3v) is 3.84. The average molecular weight is 503 g/mol. The standard InChI is InChI=1S/C19H26FN5O2.HI/c1-13(2)17-11-16(27-25-17)12-24-19(21-3)23-9-8-22-18(26)10-14-4-6-15(20)7-5-14;/h4-7,11,13H,8-10,12H2,1-3H3,(H,22,26)(H2,21,23,24);1H. The number of hydrogen-bond acceptors (Lipinski definition) is 4. The molecule has 1 aromatic carbocycles. The van der Waals surface area contributed by atoms with Crippen molar-refractivity contribution >= 4 is 35.8 Å². The molecule has 0 fully saturated rings. The Morgan fingerprint density at radius 2 is 1.86 bits per heavy atom. The van der Waals surface area contributed by atoms with Gasteiger partial charge in [-0.15, -0.1) is 24.0 Å². The molecule has 1 amide bonds. The highest BCUT2D eigenvalue weighted by atomic mass is 127. The van der Waals surface area contributed by atoms with Crippen LogP contribution < -0.4 is 16.0 Å². The van der Waals surface area contributed by atoms with Crippen LogP contribution in [0.25, 0.3) is 0 Å². The Hall–Kier alpha value is -2.17. The molecule has 2 rings (SSSR count). The number of aliphatic imine (C=N–C) groups is 1. The van der Waals surface area contributed by atoms with Gasteiger partial charge < -0.3 is 20.5 Å². The lowest BCUT2D eigenvalue weighted by atomic mass is 10.1. The zero-order valence-electron chi connectivity index (χ0n) is 16.3. The maximum Gasteiger partial charge on any atom is 0.224 e. The predicted molar refractivity (Wildman–Crippen MR) is 117 cm³/mol. The molecule has 0 radical (unpaired) electrons. The number of rotatable bonds is 8. The molecule has 0 saturated heterocycles. The van der Waals surface area contributed by atoms with Gasteiger partial charge in [0.2, 0.25) is 5.91 Å². The molecule has 154 valence electrons. The zero-order chi connectivity index (χ0) is 19.6. The maximum atomic E-state index is 12.9. The van der Waals surface area contributed by atoms with Crippen molar-refractivity contribution in [3.8, 4) is 0 Å². The van der Waals surface area contributed by atoms with Crippen LogP contribution in [0.2, 0.25) is 0 Å². The molecule has 0 bridgehead atoms. The Morgan fingerprint density at radius 1 is 1.18 bits per heavy atom. The van der Waals surface area contributed by atoms with Gasteiger partial charge in [0.1, 0.15) is 5.82 Å². The minimum Gasteiger partial charge on any atom is -0.359 e. The van der Waals surface area contributed by atoms with E-state index in [1.165, 1.54) is 12.1 Å². The van der Waals surface area contributed by atoms with Crippen molar-refractivity contribution in [2.75, 3.05) is 20.1 Å². The quantitative estimate of drug-likeness (QED) is 0.223. The second kappa shape index (κ2) is 12.3. The van der Waals surface area contributed by atoms with E-state index in [1.54, 1.807) is 19.2 Å². The van der Waals surface area contributed by atoms with E-state index in [0.717, 1.165) is 17.0 Å². The number of nitrogens with zero attached hydrogens (tertiary/aromatic N) is 2. The van der Waals surface area contributed by atoms with Crippen molar-refractivity contribution in [1.29, 1.82) is 0 Å². The van der Waals surface area contributed by atoms with Crippen LogP contribution >= 0.6 is 24.0 Å². The third-order valence-electron chi connectivity index (χ3n) is 3.84. The summed E-state index contributed by atoms with van der Waals surface area (Å²) < 4.78 is 18.1. The minimum absolute atomic E-state index is 0. The zero-order valence-corrected chi connectivity index (χ0v) is 18.6. The van der Waals surface area contributed by atoms with Gasteiger partial charge in [0, 0.05) is 26.2 Å². The van der Waals surface area contributed by atoms with Crippen LogP contribution in [0.4, 0.5) is 4.39 Å². The third kappa shape index (κ3) is 8.24. The Balaban J connectivity index is 0.00000392. The Bertz CT molecular complexity index is 762. The van der Waals surface area contributed by atoms with Crippen molar-refractivity contribution in [1.82, 2.24) is 21.1 Å². The van der Waals surface area contributed by atoms with Crippen LogP contribution in [-0.2, 0) is 17.8 Å². The molecule has 0 aliphatic rings. The molecular formula is C19H27FIN5O2. The Labute approximate surface area is 181 Å². The van der Waals surface area contributed by atoms with Crippen LogP contribution in [0.5, 0.6) is 0 Å². The molecule has 9 heteroatoms. The summed E-state index contributed by atoms with van der Waals surface area (Å²) in [5.41, 5.74) is 1.69. The van der Waals surface area contributed by atoms with Gasteiger partial charge in [0.25, 0.3) is 0 Å². The highest BCUT2D eigenvalue weighted by molar-refractivity contribution is 14.0. The molecule has 1 heterocycles. The van der Waals surface area contributed by atoms with Crippen LogP contribution in [-0.4, -0.2) is 37.2 Å². The summed E-state index contributed by atoms with van der Waals surface area (Å²) in [5.74, 6) is 1.22. The highest BCUT2D eigenvalue weighted by Crippen LogP contribution is 2.13. The Kier molecular flexibility index (Phi) is 10.5. The van der Waals surface area contributed by atoms with Gasteiger partial charge in [0.15, 0.2) is 11.7 Å². The summed E-state index contributed by atoms with van der Waals surface area (Å²) >= 11 is 0. The lowest BCUT2D eigenvalue weighted by Gasteiger charge is -2.11. The summed E-state index contributed by atoms with van der Waals surface area (Å²) in [5, 5.41) is 13.1. The second-order valence-corrected chi connectivity index (χ2v) is 6.38. The van der Waals surface area contributed by atoms with Crippen LogP contribution in [0.3, 0.4) is 0 Å². The van der Waals surface area contributed by atoms with Gasteiger partial charge in [-0.3, -0.25) is 9.79 Å². The first kappa shape index (κ1) is 23.9. The van der Waals surface area contributed by atoms with Crippen molar-refractivity contribution < 1.29 is 13.7 Å². The number of benzene rings is 1. The fourth-order valence-electron chi connectivity index (χ4n) is 2.31. The number of carbonyl (C=O) groups excluding carboxylic acids is 1. The van der Waals surface area contributed by atoms with Gasteiger partial charge in [0.05, 0.1) is 18.7 Å². The van der Waals surface area contributed by atoms with Crippen LogP contribution in [0, 0.1) is 5.82 Å². The highest BCUT2D eigenvalue weighted by Gasteiger charge is 2.08. The summed E-state index contributed by atoms with van der Waals surface area (Å²) in [7, 11) is 1.67. The summed E-state index contributed by atoms with van der Waals surface area (Å²) in [6, 6.07) is 7.82. The Morgan fingerprint density at radius 3 is 2.46 bits per heavy atom. The lowest BCUT2D eigenvalue weighted by Crippen LogP contribution is -2.41. The number of amides is 1. The molecule has 0 saturated carbocycles. The summed E-state index contributed by atoms with van der Waals surface area (Å²) in [4.78, 5) is 16.0. The molecular weight excluding hydrogens is 476 g/mol. The fraction of sp³-hybridized carbons (Fsp3) is 0.421. The molecule has 3 N–H and O–H groups in total. The van der Waals surface area contributed by atoms with Crippen molar-refractivity contribution in [2.24, 2.45) is 4.99 Å². The monoisotopic (exact) mass is 503 g/mol. The SMILES string of the molecule is CN=C(NCCNC(=O)Cc1ccc(F)cc1)NCc1cc(C(C)C)no1.I. The van der Waals surface area contributed by atoms with Crippen LogP contribution in [0.15, 0.2) is 39.8 Å². The van der Waals surface area contributed by atoms with Gasteiger partial charge >= 0.3 is 0 Å². The van der Waals surface area contributed by atoms with Crippen LogP contribution in [0.1, 0.15) is 36.8 Å². The fourth-order valence-corrected chi connectivity index (χ4v) is 2.31. The minimum atomic E-state index is -0.312. The average Bonchev–Trinajstić information content (AvgIpc) is 3.12. The predicted octanol–water partition coefficient (Wildman–Crippen LogP) is 2.58. The largest absolute Gasteiger partial charge is 0.359 e. The van der Waals surface area contributed by atoms with E-state index < -0.39 is 0 Å². The number of guanidine groups is 1. The molecule has 1 aromatic heterocycles. The molecule has 28 heavy (non-hydrogen) atoms. The molecule has 0 aliphatic heterocycles. The normalized spacial score (nSPS) is 11.1. The molecule has 0 aliphatic carbocycles. The first-order chi connectivity index (χ1) is 13.0. The molecule has 0 atom stereocenters. The van der Waals surface area contributed by atoms with E-state index in [0.29, 0.717) is 31.5 Å². The first-order valence-electron chi connectivity index (χ1n) is 8.89. The molecule has 2 aromatic rings. The van der Waals surface area contributed by atoms with E-state index in [-0.39, 0.29) is 42.1 Å². The van der Waals surface area contributed by atoms with Gasteiger partial charge in [-0.1, -0.05) is 31.1 Å². The maximum absolute atomic E-state index is 12.9. The van der Waals surface area contributed by atoms with E-state index in [9.17, 15) is 9.18 Å². The van der Waals surface area contributed by atoms with Crippen molar-refractivity contribution in [2.45, 2.75) is 32.7 Å². The number of hydrogen-bond donors (Lipinski definition) is 3. The smallest absolute Gasteiger partial charge is 0.224 e. The van der Waals surface area contributed by atoms with E-state index >= 15 is 0 Å².